The molecule has 0 fully saturated rings. The van der Waals surface area contributed by atoms with E-state index in [9.17, 15) is 4.79 Å². The second-order valence-electron chi connectivity index (χ2n) is 7.18. The van der Waals surface area contributed by atoms with Crippen molar-refractivity contribution in [1.82, 2.24) is 14.5 Å². The summed E-state index contributed by atoms with van der Waals surface area (Å²) in [4.78, 5) is 12.1. The molecule has 2 aromatic heterocycles. The number of hydrogen-bond donors (Lipinski definition) is 1. The Morgan fingerprint density at radius 3 is 2.50 bits per heavy atom. The van der Waals surface area contributed by atoms with E-state index in [1.54, 1.807) is 36.6 Å². The molecule has 4 aromatic rings. The van der Waals surface area contributed by atoms with Crippen molar-refractivity contribution in [1.29, 1.82) is 0 Å². The van der Waals surface area contributed by atoms with Crippen molar-refractivity contribution in [3.05, 3.63) is 82.2 Å². The van der Waals surface area contributed by atoms with Crippen LogP contribution in [0.4, 0.5) is 0 Å². The summed E-state index contributed by atoms with van der Waals surface area (Å²) in [5.41, 5.74) is 3.81. The number of imidazole rings is 1. The Morgan fingerprint density at radius 2 is 1.73 bits per heavy atom. The number of methoxy groups -OCH3 is 1. The zero-order chi connectivity index (χ0) is 21.1. The van der Waals surface area contributed by atoms with Crippen molar-refractivity contribution in [2.45, 2.75) is 19.7 Å². The summed E-state index contributed by atoms with van der Waals surface area (Å²) in [7, 11) is 5.18. The van der Waals surface area contributed by atoms with Crippen LogP contribution in [0.25, 0.3) is 11.0 Å². The van der Waals surface area contributed by atoms with Crippen LogP contribution in [-0.2, 0) is 33.8 Å². The van der Waals surface area contributed by atoms with Crippen LogP contribution in [0.5, 0.6) is 11.5 Å². The van der Waals surface area contributed by atoms with E-state index >= 15 is 0 Å². The molecule has 0 saturated carbocycles. The Balaban J connectivity index is 1.43. The van der Waals surface area contributed by atoms with E-state index in [1.807, 2.05) is 48.5 Å². The van der Waals surface area contributed by atoms with Crippen molar-refractivity contribution in [3.63, 3.8) is 0 Å². The molecule has 0 bridgehead atoms. The quantitative estimate of drug-likeness (QED) is 0.485. The van der Waals surface area contributed by atoms with E-state index in [4.69, 9.17) is 13.9 Å². The number of nitrogens with one attached hydrogen (secondary N) is 1. The fourth-order valence-electron chi connectivity index (χ4n) is 3.49. The Labute approximate surface area is 174 Å². The van der Waals surface area contributed by atoms with Crippen LogP contribution >= 0.6 is 0 Å². The predicted molar refractivity (Wildman–Crippen MR) is 115 cm³/mol. The highest BCUT2D eigenvalue weighted by Gasteiger charge is 2.10. The molecule has 0 radical (unpaired) electrons. The third-order valence-electron chi connectivity index (χ3n) is 5.17. The molecular weight excluding hydrogens is 382 g/mol. The summed E-state index contributed by atoms with van der Waals surface area (Å²) in [6.07, 6.45) is 1.67. The number of furan rings is 1. The van der Waals surface area contributed by atoms with Gasteiger partial charge < -0.3 is 19.2 Å². The van der Waals surface area contributed by atoms with Gasteiger partial charge in [0.1, 0.15) is 12.4 Å². The van der Waals surface area contributed by atoms with Gasteiger partial charge in [-0.25, -0.2) is 4.79 Å². The molecule has 0 aliphatic carbocycles. The lowest BCUT2D eigenvalue weighted by molar-refractivity contribution is 0.284. The SMILES string of the molecule is COc1cc(CNCc2ccco2)ccc1OCc1ccc2c(c1)n(C)c(=O)n2C. The molecule has 2 heterocycles. The highest BCUT2D eigenvalue weighted by molar-refractivity contribution is 5.76. The summed E-state index contributed by atoms with van der Waals surface area (Å²) >= 11 is 0. The molecule has 156 valence electrons. The van der Waals surface area contributed by atoms with E-state index in [-0.39, 0.29) is 5.69 Å². The fraction of sp³-hybridized carbons (Fsp3) is 0.261. The first kappa shape index (κ1) is 19.8. The first-order valence-electron chi connectivity index (χ1n) is 9.74. The molecule has 2 aromatic carbocycles. The summed E-state index contributed by atoms with van der Waals surface area (Å²) in [5.74, 6) is 2.25. The van der Waals surface area contributed by atoms with Crippen LogP contribution in [-0.4, -0.2) is 16.2 Å². The minimum atomic E-state index is -0.0408. The summed E-state index contributed by atoms with van der Waals surface area (Å²) in [5, 5.41) is 3.34. The lowest BCUT2D eigenvalue weighted by Gasteiger charge is -2.13. The molecule has 0 aliphatic heterocycles. The molecule has 0 aliphatic rings. The monoisotopic (exact) mass is 407 g/mol. The van der Waals surface area contributed by atoms with E-state index in [0.717, 1.165) is 27.9 Å². The average Bonchev–Trinajstić information content (AvgIpc) is 3.36. The van der Waals surface area contributed by atoms with Gasteiger partial charge in [0.05, 0.1) is 31.0 Å². The molecular formula is C23H25N3O4. The average molecular weight is 407 g/mol. The minimum Gasteiger partial charge on any atom is -0.493 e. The van der Waals surface area contributed by atoms with E-state index in [1.165, 1.54) is 0 Å². The normalized spacial score (nSPS) is 11.2. The third-order valence-corrected chi connectivity index (χ3v) is 5.17. The molecule has 0 atom stereocenters. The number of aryl methyl sites for hydroxylation is 2. The van der Waals surface area contributed by atoms with Crippen LogP contribution in [0.15, 0.2) is 64.0 Å². The number of ether oxygens (including phenoxy) is 2. The molecule has 0 unspecified atom stereocenters. The van der Waals surface area contributed by atoms with E-state index in [2.05, 4.69) is 5.32 Å². The van der Waals surface area contributed by atoms with Gasteiger partial charge in [0.25, 0.3) is 0 Å². The van der Waals surface area contributed by atoms with Gasteiger partial charge in [-0.15, -0.1) is 0 Å². The largest absolute Gasteiger partial charge is 0.493 e. The molecule has 0 spiro atoms. The number of hydrogen-bond acceptors (Lipinski definition) is 5. The maximum atomic E-state index is 12.1. The van der Waals surface area contributed by atoms with Crippen LogP contribution in [0.3, 0.4) is 0 Å². The Kier molecular flexibility index (Phi) is 5.63. The molecule has 7 heteroatoms. The van der Waals surface area contributed by atoms with E-state index < -0.39 is 0 Å². The van der Waals surface area contributed by atoms with Crippen LogP contribution in [0.2, 0.25) is 0 Å². The van der Waals surface area contributed by atoms with Crippen LogP contribution in [0.1, 0.15) is 16.9 Å². The molecule has 0 saturated heterocycles. The van der Waals surface area contributed by atoms with Gasteiger partial charge in [-0.1, -0.05) is 12.1 Å². The molecule has 1 N–H and O–H groups in total. The highest BCUT2D eigenvalue weighted by Crippen LogP contribution is 2.29. The predicted octanol–water partition coefficient (Wildman–Crippen LogP) is 3.35. The van der Waals surface area contributed by atoms with Gasteiger partial charge in [0.15, 0.2) is 11.5 Å². The zero-order valence-corrected chi connectivity index (χ0v) is 17.3. The Morgan fingerprint density at radius 1 is 0.933 bits per heavy atom. The molecule has 30 heavy (non-hydrogen) atoms. The van der Waals surface area contributed by atoms with Crippen molar-refractivity contribution in [2.24, 2.45) is 14.1 Å². The summed E-state index contributed by atoms with van der Waals surface area (Å²) < 4.78 is 20.1. The molecule has 7 nitrogen and oxygen atoms in total. The highest BCUT2D eigenvalue weighted by atomic mass is 16.5. The smallest absolute Gasteiger partial charge is 0.328 e. The first-order valence-corrected chi connectivity index (χ1v) is 9.74. The number of aromatic nitrogens is 2. The third kappa shape index (κ3) is 3.97. The van der Waals surface area contributed by atoms with Gasteiger partial charge in [-0.2, -0.15) is 0 Å². The molecule has 0 amide bonds. The number of rotatable bonds is 8. The van der Waals surface area contributed by atoms with Crippen molar-refractivity contribution in [2.75, 3.05) is 7.11 Å². The molecule has 4 rings (SSSR count). The van der Waals surface area contributed by atoms with Crippen molar-refractivity contribution < 1.29 is 13.9 Å². The minimum absolute atomic E-state index is 0.0408. The van der Waals surface area contributed by atoms with Gasteiger partial charge in [0, 0.05) is 20.6 Å². The zero-order valence-electron chi connectivity index (χ0n) is 17.3. The standard InChI is InChI=1S/C23H25N3O4/c1-25-19-8-6-17(11-20(19)26(2)23(25)27)15-30-21-9-7-16(12-22(21)28-3)13-24-14-18-5-4-10-29-18/h4-12,24H,13-15H2,1-3H3. The number of benzene rings is 2. The van der Waals surface area contributed by atoms with Crippen LogP contribution < -0.4 is 20.5 Å². The topological polar surface area (TPSA) is 70.6 Å². The van der Waals surface area contributed by atoms with Gasteiger partial charge in [0.2, 0.25) is 0 Å². The maximum absolute atomic E-state index is 12.1. The lowest BCUT2D eigenvalue weighted by atomic mass is 10.2. The summed E-state index contributed by atoms with van der Waals surface area (Å²) in [6, 6.07) is 15.6. The number of nitrogens with zero attached hydrogens (tertiary/aromatic N) is 2. The van der Waals surface area contributed by atoms with Gasteiger partial charge in [-0.3, -0.25) is 9.13 Å². The number of fused-ring (bicyclic) bond motifs is 1. The Bertz CT molecular complexity index is 1210. The lowest BCUT2D eigenvalue weighted by Crippen LogP contribution is -2.19. The van der Waals surface area contributed by atoms with Crippen molar-refractivity contribution >= 4 is 11.0 Å². The van der Waals surface area contributed by atoms with Crippen LogP contribution in [0, 0.1) is 0 Å². The van der Waals surface area contributed by atoms with E-state index in [0.29, 0.717) is 31.2 Å². The summed E-state index contributed by atoms with van der Waals surface area (Å²) in [6.45, 7) is 1.74. The van der Waals surface area contributed by atoms with Gasteiger partial charge >= 0.3 is 5.69 Å². The first-order chi connectivity index (χ1) is 14.6. The Hall–Kier alpha value is -3.45. The fourth-order valence-corrected chi connectivity index (χ4v) is 3.49. The maximum Gasteiger partial charge on any atom is 0.328 e. The second-order valence-corrected chi connectivity index (χ2v) is 7.18. The van der Waals surface area contributed by atoms with Crippen molar-refractivity contribution in [3.8, 4) is 11.5 Å². The second kappa shape index (κ2) is 8.51. The van der Waals surface area contributed by atoms with Gasteiger partial charge in [-0.05, 0) is 47.5 Å².